The number of aromatic nitrogens is 1. The lowest BCUT2D eigenvalue weighted by Gasteiger charge is -2.17. The molecule has 7 nitrogen and oxygen atoms in total. The Hall–Kier alpha value is -5.00. The van der Waals surface area contributed by atoms with Crippen molar-refractivity contribution in [2.45, 2.75) is 10.1 Å². The number of rotatable bonds is 11. The second kappa shape index (κ2) is 16.6. The van der Waals surface area contributed by atoms with Crippen LogP contribution in [0.4, 0.5) is 10.8 Å². The van der Waals surface area contributed by atoms with E-state index in [2.05, 4.69) is 36.9 Å². The van der Waals surface area contributed by atoms with Crippen molar-refractivity contribution in [2.24, 2.45) is 0 Å². The Morgan fingerprint density at radius 3 is 2.12 bits per heavy atom. The third-order valence-corrected chi connectivity index (χ3v) is 10.1. The van der Waals surface area contributed by atoms with Crippen molar-refractivity contribution in [1.29, 1.82) is 0 Å². The van der Waals surface area contributed by atoms with Gasteiger partial charge in [-0.05, 0) is 77.9 Å². The van der Waals surface area contributed by atoms with Crippen molar-refractivity contribution in [3.8, 4) is 11.3 Å². The van der Waals surface area contributed by atoms with Gasteiger partial charge in [-0.25, -0.2) is 4.98 Å². The fourth-order valence-corrected chi connectivity index (χ4v) is 6.91. The van der Waals surface area contributed by atoms with Crippen molar-refractivity contribution in [3.05, 3.63) is 171 Å². The van der Waals surface area contributed by atoms with Crippen LogP contribution in [0.15, 0.2) is 154 Å². The molecule has 3 amide bonds. The van der Waals surface area contributed by atoms with E-state index in [1.165, 1.54) is 23.1 Å². The summed E-state index contributed by atoms with van der Waals surface area (Å²) in [6.07, 6.45) is 1.59. The Balaban J connectivity index is 1.16. The summed E-state index contributed by atoms with van der Waals surface area (Å²) in [5.74, 6) is -1.13. The van der Waals surface area contributed by atoms with E-state index in [-0.39, 0.29) is 11.6 Å². The van der Waals surface area contributed by atoms with Gasteiger partial charge < -0.3 is 16.0 Å². The number of thioether (sulfide) groups is 1. The molecule has 1 unspecified atom stereocenters. The Morgan fingerprint density at radius 1 is 0.780 bits per heavy atom. The standard InChI is InChI=1S/C39H28BrClN4O3S2/c40-29-15-13-26(14-16-29)34-24-49-39(44-34)45-38(48)35(27-7-3-1-4-8-27)50-32-21-19-31(20-22-32)42-37(47)33(23-25-11-17-30(41)18-12-25)43-36(46)28-9-5-2-6-10-28/h1-24,35H,(H,42,47)(H,43,46)(H,44,45,48)/b33-23-. The van der Waals surface area contributed by atoms with Gasteiger partial charge in [0.15, 0.2) is 5.13 Å². The first kappa shape index (κ1) is 34.8. The maximum absolute atomic E-state index is 13.7. The van der Waals surface area contributed by atoms with Gasteiger partial charge in [0.05, 0.1) is 5.69 Å². The molecule has 5 aromatic carbocycles. The molecule has 50 heavy (non-hydrogen) atoms. The van der Waals surface area contributed by atoms with Crippen molar-refractivity contribution in [2.75, 3.05) is 10.6 Å². The molecule has 0 saturated carbocycles. The van der Waals surface area contributed by atoms with Crippen LogP contribution in [0.5, 0.6) is 0 Å². The summed E-state index contributed by atoms with van der Waals surface area (Å²) in [6, 6.07) is 40.1. The highest BCUT2D eigenvalue weighted by molar-refractivity contribution is 9.10. The minimum Gasteiger partial charge on any atom is -0.321 e. The number of carbonyl (C=O) groups is 3. The zero-order chi connectivity index (χ0) is 34.9. The van der Waals surface area contributed by atoms with Gasteiger partial charge in [-0.3, -0.25) is 14.4 Å². The van der Waals surface area contributed by atoms with Gasteiger partial charge in [0, 0.05) is 36.6 Å². The Kier molecular flexibility index (Phi) is 11.6. The normalized spacial score (nSPS) is 11.8. The number of hydrogen-bond acceptors (Lipinski definition) is 6. The number of thiazole rings is 1. The zero-order valence-corrected chi connectivity index (χ0v) is 30.2. The molecule has 11 heteroatoms. The third kappa shape index (κ3) is 9.36. The van der Waals surface area contributed by atoms with Crippen LogP contribution >= 0.6 is 50.6 Å². The van der Waals surface area contributed by atoms with Gasteiger partial charge in [-0.2, -0.15) is 0 Å². The molecule has 0 aliphatic carbocycles. The third-order valence-electron chi connectivity index (χ3n) is 7.29. The minimum atomic E-state index is -0.571. The molecule has 0 saturated heterocycles. The molecule has 6 rings (SSSR count). The lowest BCUT2D eigenvalue weighted by Crippen LogP contribution is -2.30. The van der Waals surface area contributed by atoms with Crippen molar-refractivity contribution in [1.82, 2.24) is 10.3 Å². The van der Waals surface area contributed by atoms with E-state index in [9.17, 15) is 14.4 Å². The van der Waals surface area contributed by atoms with Crippen LogP contribution < -0.4 is 16.0 Å². The molecule has 248 valence electrons. The average molecular weight is 780 g/mol. The zero-order valence-electron chi connectivity index (χ0n) is 26.2. The Bertz CT molecular complexity index is 2130. The lowest BCUT2D eigenvalue weighted by atomic mass is 10.1. The molecular weight excluding hydrogens is 752 g/mol. The summed E-state index contributed by atoms with van der Waals surface area (Å²) in [4.78, 5) is 45.6. The summed E-state index contributed by atoms with van der Waals surface area (Å²) < 4.78 is 0.978. The molecule has 0 spiro atoms. The van der Waals surface area contributed by atoms with E-state index in [1.807, 2.05) is 78.2 Å². The number of nitrogens with zero attached hydrogens (tertiary/aromatic N) is 1. The summed E-state index contributed by atoms with van der Waals surface area (Å²) in [7, 11) is 0. The Labute approximate surface area is 311 Å². The van der Waals surface area contributed by atoms with E-state index in [0.717, 1.165) is 26.2 Å². The average Bonchev–Trinajstić information content (AvgIpc) is 3.61. The highest BCUT2D eigenvalue weighted by Crippen LogP contribution is 2.37. The number of nitrogens with one attached hydrogen (secondary N) is 3. The first-order valence-corrected chi connectivity index (χ1v) is 18.2. The number of halogens is 2. The fourth-order valence-electron chi connectivity index (χ4n) is 4.78. The van der Waals surface area contributed by atoms with Gasteiger partial charge in [0.25, 0.3) is 11.8 Å². The van der Waals surface area contributed by atoms with E-state index in [1.54, 1.807) is 66.7 Å². The molecule has 0 bridgehead atoms. The second-order valence-electron chi connectivity index (χ2n) is 10.9. The van der Waals surface area contributed by atoms with Gasteiger partial charge in [0.1, 0.15) is 10.9 Å². The van der Waals surface area contributed by atoms with Crippen LogP contribution in [0.25, 0.3) is 17.3 Å². The topological polar surface area (TPSA) is 100 Å². The second-order valence-corrected chi connectivity index (χ2v) is 14.2. The predicted molar refractivity (Wildman–Crippen MR) is 207 cm³/mol. The van der Waals surface area contributed by atoms with Crippen LogP contribution in [-0.4, -0.2) is 22.7 Å². The van der Waals surface area contributed by atoms with E-state index >= 15 is 0 Å². The monoisotopic (exact) mass is 778 g/mol. The number of benzene rings is 5. The van der Waals surface area contributed by atoms with Gasteiger partial charge >= 0.3 is 0 Å². The van der Waals surface area contributed by atoms with Gasteiger partial charge in [0.2, 0.25) is 5.91 Å². The van der Waals surface area contributed by atoms with E-state index in [4.69, 9.17) is 11.6 Å². The van der Waals surface area contributed by atoms with Crippen LogP contribution in [-0.2, 0) is 9.59 Å². The maximum atomic E-state index is 13.7. The molecule has 0 fully saturated rings. The Morgan fingerprint density at radius 2 is 1.44 bits per heavy atom. The molecule has 1 heterocycles. The van der Waals surface area contributed by atoms with Gasteiger partial charge in [-0.1, -0.05) is 100 Å². The van der Waals surface area contributed by atoms with Crippen molar-refractivity contribution in [3.63, 3.8) is 0 Å². The SMILES string of the molecule is O=C(Nc1ccc(SC(C(=O)Nc2nc(-c3ccc(Br)cc3)cs2)c2ccccc2)cc1)/C(=C/c1ccc(Cl)cc1)NC(=O)c1ccccc1. The largest absolute Gasteiger partial charge is 0.321 e. The first-order chi connectivity index (χ1) is 24.3. The maximum Gasteiger partial charge on any atom is 0.272 e. The summed E-state index contributed by atoms with van der Waals surface area (Å²) in [6.45, 7) is 0. The molecule has 1 aromatic heterocycles. The molecule has 0 aliphatic rings. The quantitative estimate of drug-likeness (QED) is 0.0898. The van der Waals surface area contributed by atoms with Gasteiger partial charge in [-0.15, -0.1) is 23.1 Å². The predicted octanol–water partition coefficient (Wildman–Crippen LogP) is 10.1. The smallest absolute Gasteiger partial charge is 0.272 e. The number of anilines is 2. The highest BCUT2D eigenvalue weighted by atomic mass is 79.9. The first-order valence-electron chi connectivity index (χ1n) is 15.3. The summed E-state index contributed by atoms with van der Waals surface area (Å²) in [5, 5.41) is 11.0. The summed E-state index contributed by atoms with van der Waals surface area (Å²) >= 11 is 12.3. The molecule has 0 radical (unpaired) electrons. The highest BCUT2D eigenvalue weighted by Gasteiger charge is 2.23. The van der Waals surface area contributed by atoms with Crippen LogP contribution in [0, 0.1) is 0 Å². The van der Waals surface area contributed by atoms with Crippen LogP contribution in [0.2, 0.25) is 5.02 Å². The number of carbonyl (C=O) groups excluding carboxylic acids is 3. The van der Waals surface area contributed by atoms with Crippen molar-refractivity contribution >= 4 is 85.2 Å². The minimum absolute atomic E-state index is 0.0610. The van der Waals surface area contributed by atoms with Crippen LogP contribution in [0.3, 0.4) is 0 Å². The molecule has 3 N–H and O–H groups in total. The fraction of sp³-hybridized carbons (Fsp3) is 0.0256. The molecule has 0 aliphatic heterocycles. The van der Waals surface area contributed by atoms with Crippen molar-refractivity contribution < 1.29 is 14.4 Å². The molecule has 6 aromatic rings. The number of amides is 3. The number of hydrogen-bond donors (Lipinski definition) is 3. The molecular formula is C39H28BrClN4O3S2. The van der Waals surface area contributed by atoms with E-state index < -0.39 is 17.1 Å². The van der Waals surface area contributed by atoms with E-state index in [0.29, 0.717) is 27.0 Å². The molecule has 1 atom stereocenters. The lowest BCUT2D eigenvalue weighted by molar-refractivity contribution is -0.116. The summed E-state index contributed by atoms with van der Waals surface area (Å²) in [5.41, 5.74) is 4.25. The van der Waals surface area contributed by atoms with Crippen LogP contribution in [0.1, 0.15) is 26.7 Å².